The minimum atomic E-state index is -0.687. The van der Waals surface area contributed by atoms with Gasteiger partial charge >= 0.3 is 0 Å². The monoisotopic (exact) mass is 308 g/mol. The molecule has 1 fully saturated rings. The van der Waals surface area contributed by atoms with Crippen molar-refractivity contribution in [1.29, 1.82) is 0 Å². The van der Waals surface area contributed by atoms with Crippen molar-refractivity contribution < 1.29 is 9.53 Å². The van der Waals surface area contributed by atoms with Gasteiger partial charge in [0.1, 0.15) is 11.3 Å². The van der Waals surface area contributed by atoms with Crippen molar-refractivity contribution in [3.05, 3.63) is 65.2 Å². The third-order valence-corrected chi connectivity index (χ3v) is 5.31. The van der Waals surface area contributed by atoms with E-state index in [2.05, 4.69) is 11.4 Å². The quantitative estimate of drug-likeness (QED) is 0.893. The lowest BCUT2D eigenvalue weighted by atomic mass is 9.68. The number of piperidine rings is 1. The van der Waals surface area contributed by atoms with Crippen LogP contribution in [0.25, 0.3) is 0 Å². The van der Waals surface area contributed by atoms with E-state index in [1.54, 1.807) is 7.11 Å². The van der Waals surface area contributed by atoms with Crippen molar-refractivity contribution in [2.24, 2.45) is 5.73 Å². The van der Waals surface area contributed by atoms with Crippen molar-refractivity contribution in [2.45, 2.75) is 30.3 Å². The Hall–Kier alpha value is -2.33. The molecule has 2 aromatic carbocycles. The molecule has 0 bridgehead atoms. The second-order valence-electron chi connectivity index (χ2n) is 6.52. The third kappa shape index (κ3) is 1.85. The van der Waals surface area contributed by atoms with Gasteiger partial charge in [0.25, 0.3) is 0 Å². The Kier molecular flexibility index (Phi) is 3.00. The molecule has 1 aliphatic heterocycles. The fourth-order valence-corrected chi connectivity index (χ4v) is 4.21. The first-order chi connectivity index (χ1) is 11.1. The van der Waals surface area contributed by atoms with Gasteiger partial charge in [-0.1, -0.05) is 36.4 Å². The van der Waals surface area contributed by atoms with Crippen LogP contribution in [-0.2, 0) is 16.8 Å². The topological polar surface area (TPSA) is 64.3 Å². The molecule has 4 rings (SSSR count). The number of hydrogen-bond acceptors (Lipinski definition) is 3. The summed E-state index contributed by atoms with van der Waals surface area (Å²) in [7, 11) is 1.65. The third-order valence-electron chi connectivity index (χ3n) is 5.31. The standard InChI is InChI=1S/C19H20N2O2/c1-23-15-8-7-13-12-18(20)10-9-17(22)21-19(18,16(13)11-15)14-5-3-2-4-6-14/h2-8,11H,9-10,12,20H2,1H3,(H,21,22)/t18-,19-/m1/s1. The zero-order valence-corrected chi connectivity index (χ0v) is 13.1. The summed E-state index contributed by atoms with van der Waals surface area (Å²) < 4.78 is 5.41. The van der Waals surface area contributed by atoms with E-state index in [4.69, 9.17) is 10.5 Å². The molecule has 0 unspecified atom stereocenters. The molecular formula is C19H20N2O2. The first-order valence-corrected chi connectivity index (χ1v) is 7.92. The normalized spacial score (nSPS) is 28.7. The molecule has 2 atom stereocenters. The number of rotatable bonds is 2. The number of amides is 1. The largest absolute Gasteiger partial charge is 0.497 e. The van der Waals surface area contributed by atoms with Crippen LogP contribution < -0.4 is 15.8 Å². The molecule has 0 saturated carbocycles. The molecule has 1 amide bonds. The summed E-state index contributed by atoms with van der Waals surface area (Å²) >= 11 is 0. The lowest BCUT2D eigenvalue weighted by Gasteiger charge is -2.48. The number of nitrogens with two attached hydrogens (primary N) is 1. The molecule has 3 N–H and O–H groups in total. The fourth-order valence-electron chi connectivity index (χ4n) is 4.21. The first kappa shape index (κ1) is 14.3. The van der Waals surface area contributed by atoms with Gasteiger partial charge in [-0.15, -0.1) is 0 Å². The van der Waals surface area contributed by atoms with Crippen molar-refractivity contribution in [3.63, 3.8) is 0 Å². The summed E-state index contributed by atoms with van der Waals surface area (Å²) in [5.74, 6) is 0.828. The summed E-state index contributed by atoms with van der Waals surface area (Å²) in [6.07, 6.45) is 1.89. The van der Waals surface area contributed by atoms with Crippen LogP contribution in [0.4, 0.5) is 0 Å². The zero-order chi connectivity index (χ0) is 16.1. The number of ether oxygens (including phenoxy) is 1. The molecule has 118 valence electrons. The van der Waals surface area contributed by atoms with Crippen molar-refractivity contribution in [3.8, 4) is 5.75 Å². The summed E-state index contributed by atoms with van der Waals surface area (Å²) in [4.78, 5) is 12.3. The Morgan fingerprint density at radius 1 is 1.17 bits per heavy atom. The smallest absolute Gasteiger partial charge is 0.221 e. The molecule has 0 aromatic heterocycles. The Labute approximate surface area is 135 Å². The van der Waals surface area contributed by atoms with Crippen LogP contribution in [0.15, 0.2) is 48.5 Å². The molecule has 0 radical (unpaired) electrons. The first-order valence-electron chi connectivity index (χ1n) is 7.92. The Balaban J connectivity index is 2.01. The second kappa shape index (κ2) is 4.83. The van der Waals surface area contributed by atoms with E-state index in [1.165, 1.54) is 5.56 Å². The van der Waals surface area contributed by atoms with Crippen LogP contribution in [0.3, 0.4) is 0 Å². The van der Waals surface area contributed by atoms with Crippen LogP contribution in [0.2, 0.25) is 0 Å². The van der Waals surface area contributed by atoms with E-state index < -0.39 is 11.1 Å². The van der Waals surface area contributed by atoms with E-state index in [9.17, 15) is 4.79 Å². The van der Waals surface area contributed by atoms with Crippen molar-refractivity contribution in [1.82, 2.24) is 5.32 Å². The Bertz CT molecular complexity index is 774. The van der Waals surface area contributed by atoms with Crippen LogP contribution in [-0.4, -0.2) is 18.6 Å². The molecule has 2 aliphatic rings. The summed E-state index contributed by atoms with van der Waals surface area (Å²) in [5.41, 5.74) is 8.94. The highest BCUT2D eigenvalue weighted by atomic mass is 16.5. The maximum absolute atomic E-state index is 12.3. The predicted octanol–water partition coefficient (Wildman–Crippen LogP) is 2.10. The van der Waals surface area contributed by atoms with Gasteiger partial charge in [-0.05, 0) is 41.7 Å². The van der Waals surface area contributed by atoms with Crippen LogP contribution in [0.1, 0.15) is 29.5 Å². The molecular weight excluding hydrogens is 288 g/mol. The van der Waals surface area contributed by atoms with Gasteiger partial charge in [0.15, 0.2) is 0 Å². The fraction of sp³-hybridized carbons (Fsp3) is 0.316. The lowest BCUT2D eigenvalue weighted by molar-refractivity contribution is -0.126. The molecule has 1 saturated heterocycles. The maximum atomic E-state index is 12.3. The molecule has 1 aliphatic carbocycles. The predicted molar refractivity (Wildman–Crippen MR) is 88.2 cm³/mol. The molecule has 4 nitrogen and oxygen atoms in total. The average Bonchev–Trinajstić information content (AvgIpc) is 2.84. The van der Waals surface area contributed by atoms with Gasteiger partial charge in [-0.2, -0.15) is 0 Å². The number of fused-ring (bicyclic) bond motifs is 3. The minimum absolute atomic E-state index is 0.0468. The van der Waals surface area contributed by atoms with Gasteiger partial charge in [-0.3, -0.25) is 4.79 Å². The van der Waals surface area contributed by atoms with E-state index >= 15 is 0 Å². The molecule has 0 spiro atoms. The van der Waals surface area contributed by atoms with E-state index in [0.717, 1.165) is 23.3 Å². The number of nitrogens with one attached hydrogen (secondary N) is 1. The second-order valence-corrected chi connectivity index (χ2v) is 6.52. The molecule has 4 heteroatoms. The summed E-state index contributed by atoms with van der Waals surface area (Å²) in [6.45, 7) is 0. The minimum Gasteiger partial charge on any atom is -0.497 e. The van der Waals surface area contributed by atoms with E-state index in [1.807, 2.05) is 42.5 Å². The van der Waals surface area contributed by atoms with Crippen molar-refractivity contribution >= 4 is 5.91 Å². The molecule has 23 heavy (non-hydrogen) atoms. The lowest BCUT2D eigenvalue weighted by Crippen LogP contribution is -2.68. The Morgan fingerprint density at radius 2 is 1.96 bits per heavy atom. The van der Waals surface area contributed by atoms with E-state index in [-0.39, 0.29) is 5.91 Å². The van der Waals surface area contributed by atoms with Gasteiger partial charge in [-0.25, -0.2) is 0 Å². The number of benzene rings is 2. The molecule has 2 aromatic rings. The summed E-state index contributed by atoms with van der Waals surface area (Å²) in [6, 6.07) is 16.1. The van der Waals surface area contributed by atoms with Gasteiger partial charge < -0.3 is 15.8 Å². The highest BCUT2D eigenvalue weighted by molar-refractivity contribution is 5.81. The number of carbonyl (C=O) groups is 1. The average molecular weight is 308 g/mol. The van der Waals surface area contributed by atoms with Gasteiger partial charge in [0, 0.05) is 6.42 Å². The van der Waals surface area contributed by atoms with Gasteiger partial charge in [0.2, 0.25) is 5.91 Å². The van der Waals surface area contributed by atoms with Crippen LogP contribution >= 0.6 is 0 Å². The van der Waals surface area contributed by atoms with E-state index in [0.29, 0.717) is 12.8 Å². The van der Waals surface area contributed by atoms with Crippen LogP contribution in [0.5, 0.6) is 5.75 Å². The van der Waals surface area contributed by atoms with Crippen LogP contribution in [0, 0.1) is 0 Å². The van der Waals surface area contributed by atoms with Crippen molar-refractivity contribution in [2.75, 3.05) is 7.11 Å². The summed E-state index contributed by atoms with van der Waals surface area (Å²) in [5, 5.41) is 3.24. The number of hydrogen-bond donors (Lipinski definition) is 2. The number of methoxy groups -OCH3 is 1. The SMILES string of the molecule is COc1ccc2c(c1)[C@@]1(c3ccccc3)NC(=O)CC[C@@]1(N)C2. The highest BCUT2D eigenvalue weighted by Gasteiger charge is 2.59. The Morgan fingerprint density at radius 3 is 2.70 bits per heavy atom. The maximum Gasteiger partial charge on any atom is 0.221 e. The van der Waals surface area contributed by atoms with Gasteiger partial charge in [0.05, 0.1) is 12.6 Å². The number of carbonyl (C=O) groups excluding carboxylic acids is 1. The zero-order valence-electron chi connectivity index (χ0n) is 13.1. The highest BCUT2D eigenvalue weighted by Crippen LogP contribution is 2.51. The molecule has 1 heterocycles.